The molecule has 0 amide bonds. The predicted molar refractivity (Wildman–Crippen MR) is 132 cm³/mol. The van der Waals surface area contributed by atoms with Gasteiger partial charge < -0.3 is 10.5 Å². The van der Waals surface area contributed by atoms with Gasteiger partial charge in [-0.1, -0.05) is 68.2 Å². The molecule has 1 fully saturated rings. The summed E-state index contributed by atoms with van der Waals surface area (Å²) in [7, 11) is 0. The zero-order valence-corrected chi connectivity index (χ0v) is 21.2. The van der Waals surface area contributed by atoms with E-state index in [4.69, 9.17) is 33.7 Å². The molecular weight excluding hydrogens is 443 g/mol. The van der Waals surface area contributed by atoms with E-state index in [2.05, 4.69) is 26.1 Å². The van der Waals surface area contributed by atoms with E-state index in [9.17, 15) is 4.79 Å². The van der Waals surface area contributed by atoms with Gasteiger partial charge in [0.2, 0.25) is 0 Å². The Bertz CT molecular complexity index is 963. The topological polar surface area (TPSA) is 64.3 Å². The number of carbonyl (C=O) groups is 1. The average Bonchev–Trinajstić information content (AvgIpc) is 2.93. The zero-order valence-electron chi connectivity index (χ0n) is 19.7. The Morgan fingerprint density at radius 3 is 2.19 bits per heavy atom. The molecule has 0 spiro atoms. The molecule has 1 heterocycles. The molecule has 2 aromatic rings. The van der Waals surface area contributed by atoms with Gasteiger partial charge in [0, 0.05) is 22.0 Å². The molecule has 0 radical (unpaired) electrons. The van der Waals surface area contributed by atoms with E-state index in [1.807, 2.05) is 69.3 Å². The monoisotopic (exact) mass is 476 g/mol. The van der Waals surface area contributed by atoms with Gasteiger partial charge >= 0.3 is 5.97 Å². The number of nitrogens with one attached hydrogen (secondary N) is 1. The van der Waals surface area contributed by atoms with E-state index in [0.29, 0.717) is 10.0 Å². The summed E-state index contributed by atoms with van der Waals surface area (Å²) < 4.78 is 5.82. The summed E-state index contributed by atoms with van der Waals surface area (Å²) in [5.41, 5.74) is 7.64. The maximum Gasteiger partial charge on any atom is 0.324 e. The van der Waals surface area contributed by atoms with E-state index in [1.54, 1.807) is 0 Å². The molecule has 4 nitrogen and oxygen atoms in total. The first kappa shape index (κ1) is 25.0. The van der Waals surface area contributed by atoms with Crippen molar-refractivity contribution in [3.63, 3.8) is 0 Å². The number of carbonyl (C=O) groups excluding carboxylic acids is 1. The van der Waals surface area contributed by atoms with Crippen LogP contribution < -0.4 is 11.1 Å². The molecule has 0 unspecified atom stereocenters. The molecule has 32 heavy (non-hydrogen) atoms. The molecule has 1 saturated heterocycles. The third-order valence-electron chi connectivity index (χ3n) is 5.83. The molecule has 0 saturated carbocycles. The lowest BCUT2D eigenvalue weighted by Crippen LogP contribution is -2.51. The Kier molecular flexibility index (Phi) is 7.03. The van der Waals surface area contributed by atoms with Crippen molar-refractivity contribution in [3.8, 4) is 0 Å². The molecule has 2 aromatic carbocycles. The maximum absolute atomic E-state index is 13.4. The van der Waals surface area contributed by atoms with Crippen LogP contribution in [0.2, 0.25) is 10.0 Å². The summed E-state index contributed by atoms with van der Waals surface area (Å²) in [5, 5.41) is 4.80. The Balaban J connectivity index is 2.20. The molecule has 174 valence electrons. The van der Waals surface area contributed by atoms with Crippen LogP contribution >= 0.6 is 23.2 Å². The third-order valence-corrected chi connectivity index (χ3v) is 6.32. The van der Waals surface area contributed by atoms with E-state index in [1.165, 1.54) is 0 Å². The van der Waals surface area contributed by atoms with Crippen molar-refractivity contribution < 1.29 is 9.53 Å². The van der Waals surface area contributed by atoms with Gasteiger partial charge in [-0.15, -0.1) is 0 Å². The Morgan fingerprint density at radius 2 is 1.66 bits per heavy atom. The summed E-state index contributed by atoms with van der Waals surface area (Å²) in [6.07, 6.45) is 0.766. The standard InChI is InChI=1S/C26H34Cl2N2O2/c1-24(2,3)15-20-26(29,17-10-12-18(27)13-11-17)21(16-8-7-9-19(28)14-16)22(30-20)23(31)32-25(4,5)6/h7-14,20-22,30H,15,29H2,1-6H3/t20-,21-,22+,26+/m0/s1. The van der Waals surface area contributed by atoms with Crippen molar-refractivity contribution in [1.82, 2.24) is 5.32 Å². The highest BCUT2D eigenvalue weighted by molar-refractivity contribution is 6.30. The zero-order chi connectivity index (χ0) is 23.9. The summed E-state index contributed by atoms with van der Waals surface area (Å²) in [5.74, 6) is -0.702. The number of hydrogen-bond acceptors (Lipinski definition) is 4. The largest absolute Gasteiger partial charge is 0.459 e. The van der Waals surface area contributed by atoms with Gasteiger partial charge in [-0.3, -0.25) is 10.1 Å². The normalized spacial score (nSPS) is 26.2. The number of esters is 1. The van der Waals surface area contributed by atoms with Gasteiger partial charge in [0.05, 0.1) is 5.54 Å². The van der Waals surface area contributed by atoms with Crippen molar-refractivity contribution >= 4 is 29.2 Å². The summed E-state index contributed by atoms with van der Waals surface area (Å²) in [4.78, 5) is 13.4. The number of rotatable bonds is 4. The first-order chi connectivity index (χ1) is 14.7. The Morgan fingerprint density at radius 1 is 1.03 bits per heavy atom. The highest BCUT2D eigenvalue weighted by Crippen LogP contribution is 2.48. The van der Waals surface area contributed by atoms with Gasteiger partial charge in [-0.25, -0.2) is 0 Å². The lowest BCUT2D eigenvalue weighted by atomic mass is 9.68. The van der Waals surface area contributed by atoms with E-state index in [0.717, 1.165) is 17.5 Å². The molecule has 0 aliphatic carbocycles. The van der Waals surface area contributed by atoms with Crippen molar-refractivity contribution in [3.05, 3.63) is 69.7 Å². The number of hydrogen-bond donors (Lipinski definition) is 2. The van der Waals surface area contributed by atoms with Crippen LogP contribution in [-0.4, -0.2) is 23.7 Å². The Labute approximate surface area is 201 Å². The quantitative estimate of drug-likeness (QED) is 0.527. The van der Waals surface area contributed by atoms with Gasteiger partial charge in [0.25, 0.3) is 0 Å². The van der Waals surface area contributed by atoms with Crippen LogP contribution in [0, 0.1) is 5.41 Å². The Hall–Kier alpha value is -1.59. The fourth-order valence-electron chi connectivity index (χ4n) is 4.64. The smallest absolute Gasteiger partial charge is 0.324 e. The molecule has 4 atom stereocenters. The summed E-state index contributed by atoms with van der Waals surface area (Å²) >= 11 is 12.5. The van der Waals surface area contributed by atoms with Crippen LogP contribution in [0.25, 0.3) is 0 Å². The van der Waals surface area contributed by atoms with Crippen LogP contribution in [0.15, 0.2) is 48.5 Å². The van der Waals surface area contributed by atoms with Crippen molar-refractivity contribution in [2.75, 3.05) is 0 Å². The predicted octanol–water partition coefficient (Wildman–Crippen LogP) is 6.05. The van der Waals surface area contributed by atoms with Crippen molar-refractivity contribution in [2.45, 2.75) is 77.1 Å². The number of benzene rings is 2. The number of nitrogens with two attached hydrogens (primary N) is 1. The van der Waals surface area contributed by atoms with E-state index in [-0.39, 0.29) is 23.3 Å². The molecule has 3 N–H and O–H groups in total. The maximum atomic E-state index is 13.4. The van der Waals surface area contributed by atoms with Crippen LogP contribution in [0.5, 0.6) is 0 Å². The van der Waals surface area contributed by atoms with Gasteiger partial charge in [-0.2, -0.15) is 0 Å². The van der Waals surface area contributed by atoms with E-state index >= 15 is 0 Å². The SMILES string of the molecule is CC(C)(C)C[C@@H]1N[C@@H](C(=O)OC(C)(C)C)[C@H](c2cccc(Cl)c2)[C@@]1(N)c1ccc(Cl)cc1. The van der Waals surface area contributed by atoms with Crippen LogP contribution in [-0.2, 0) is 15.1 Å². The molecule has 0 bridgehead atoms. The fourth-order valence-corrected chi connectivity index (χ4v) is 4.97. The molecule has 1 aliphatic heterocycles. The summed E-state index contributed by atoms with van der Waals surface area (Å²) in [6.45, 7) is 12.1. The average molecular weight is 477 g/mol. The minimum Gasteiger partial charge on any atom is -0.459 e. The molecule has 0 aromatic heterocycles. The fraction of sp³-hybridized carbons (Fsp3) is 0.500. The first-order valence-corrected chi connectivity index (χ1v) is 11.8. The van der Waals surface area contributed by atoms with Crippen LogP contribution in [0.1, 0.15) is 65.0 Å². The lowest BCUT2D eigenvalue weighted by molar-refractivity contribution is -0.157. The highest BCUT2D eigenvalue weighted by atomic mass is 35.5. The highest BCUT2D eigenvalue weighted by Gasteiger charge is 2.57. The number of ether oxygens (including phenoxy) is 1. The molecule has 3 rings (SSSR count). The second kappa shape index (κ2) is 8.98. The second-order valence-electron chi connectivity index (χ2n) is 11.0. The lowest BCUT2D eigenvalue weighted by Gasteiger charge is -2.39. The molecule has 6 heteroatoms. The van der Waals surface area contributed by atoms with Gasteiger partial charge in [0.15, 0.2) is 0 Å². The van der Waals surface area contributed by atoms with Crippen molar-refractivity contribution in [2.24, 2.45) is 11.1 Å². The molecular formula is C26H34Cl2N2O2. The third kappa shape index (κ3) is 5.48. The van der Waals surface area contributed by atoms with Crippen LogP contribution in [0.3, 0.4) is 0 Å². The first-order valence-electron chi connectivity index (χ1n) is 11.0. The number of halogens is 2. The minimum absolute atomic E-state index is 0.0174. The van der Waals surface area contributed by atoms with E-state index < -0.39 is 17.2 Å². The van der Waals surface area contributed by atoms with Crippen molar-refractivity contribution in [1.29, 1.82) is 0 Å². The molecule has 1 aliphatic rings. The summed E-state index contributed by atoms with van der Waals surface area (Å²) in [6, 6.07) is 14.4. The van der Waals surface area contributed by atoms with Gasteiger partial charge in [-0.05, 0) is 68.0 Å². The van der Waals surface area contributed by atoms with Gasteiger partial charge in [0.1, 0.15) is 11.6 Å². The van der Waals surface area contributed by atoms with Crippen LogP contribution in [0.4, 0.5) is 0 Å². The second-order valence-corrected chi connectivity index (χ2v) is 11.8. The minimum atomic E-state index is -0.885.